The van der Waals surface area contributed by atoms with Crippen LogP contribution in [0.25, 0.3) is 92.2 Å². The van der Waals surface area contributed by atoms with Gasteiger partial charge in [0.2, 0.25) is 0 Å². The lowest BCUT2D eigenvalue weighted by molar-refractivity contribution is 0.669. The van der Waals surface area contributed by atoms with E-state index in [1.165, 1.54) is 20.2 Å². The summed E-state index contributed by atoms with van der Waals surface area (Å²) in [6.45, 7) is 0. The number of aromatic nitrogens is 3. The van der Waals surface area contributed by atoms with Crippen LogP contribution in [0, 0.1) is 0 Å². The molecule has 0 radical (unpaired) electrons. The van der Waals surface area contributed by atoms with E-state index in [1.807, 2.05) is 35.7 Å². The van der Waals surface area contributed by atoms with E-state index in [0.29, 0.717) is 5.82 Å². The number of hydrogen-bond donors (Lipinski definition) is 0. The number of nitrogens with zero attached hydrogens (tertiary/aromatic N) is 4. The molecule has 4 heterocycles. The van der Waals surface area contributed by atoms with Crippen LogP contribution in [-0.2, 0) is 0 Å². The molecule has 12 aromatic rings. The molecule has 0 fully saturated rings. The molecule has 4 aromatic heterocycles. The topological polar surface area (TPSA) is 47.1 Å². The Hall–Kier alpha value is -7.54. The fourth-order valence-electron chi connectivity index (χ4n) is 8.63. The lowest BCUT2D eigenvalue weighted by Crippen LogP contribution is -2.09. The summed E-state index contributed by atoms with van der Waals surface area (Å²) >= 11 is 1.84. The van der Waals surface area contributed by atoms with Gasteiger partial charge in [-0.3, -0.25) is 0 Å². The minimum Gasteiger partial charge on any atom is -0.456 e. The van der Waals surface area contributed by atoms with Crippen molar-refractivity contribution in [3.63, 3.8) is 0 Å². The second-order valence-corrected chi connectivity index (χ2v) is 15.6. The first-order valence-corrected chi connectivity index (χ1v) is 20.2. The van der Waals surface area contributed by atoms with Gasteiger partial charge >= 0.3 is 0 Å². The van der Waals surface area contributed by atoms with Crippen molar-refractivity contribution in [3.8, 4) is 28.2 Å². The summed E-state index contributed by atoms with van der Waals surface area (Å²) in [5, 5.41) is 5.69. The predicted octanol–water partition coefficient (Wildman–Crippen LogP) is 14.6. The van der Waals surface area contributed by atoms with Gasteiger partial charge in [0.1, 0.15) is 16.7 Å². The zero-order valence-corrected chi connectivity index (χ0v) is 31.9. The lowest BCUT2D eigenvalue weighted by Gasteiger charge is -2.26. The van der Waals surface area contributed by atoms with Crippen molar-refractivity contribution >= 4 is 92.4 Å². The van der Waals surface area contributed by atoms with Gasteiger partial charge in [-0.1, -0.05) is 115 Å². The van der Waals surface area contributed by atoms with Gasteiger partial charge in [0.05, 0.1) is 27.6 Å². The van der Waals surface area contributed by atoms with Gasteiger partial charge in [0.15, 0.2) is 5.82 Å². The summed E-state index contributed by atoms with van der Waals surface area (Å²) in [5.74, 6) is 0.658. The molecule has 0 spiro atoms. The molecule has 5 nitrogen and oxygen atoms in total. The molecule has 0 aliphatic rings. The normalized spacial score (nSPS) is 11.8. The molecule has 12 rings (SSSR count). The molecule has 0 amide bonds. The number of furan rings is 1. The van der Waals surface area contributed by atoms with Crippen LogP contribution in [0.1, 0.15) is 0 Å². The Balaban J connectivity index is 1.02. The van der Waals surface area contributed by atoms with E-state index in [9.17, 15) is 0 Å². The molecule has 0 aliphatic carbocycles. The Morgan fingerprint density at radius 2 is 1.21 bits per heavy atom. The maximum atomic E-state index is 6.57. The van der Waals surface area contributed by atoms with Gasteiger partial charge in [-0.05, 0) is 83.9 Å². The van der Waals surface area contributed by atoms with Crippen molar-refractivity contribution in [2.24, 2.45) is 0 Å². The molecule has 0 unspecified atom stereocenters. The van der Waals surface area contributed by atoms with Crippen molar-refractivity contribution in [3.05, 3.63) is 194 Å². The average molecular weight is 761 g/mol. The first-order valence-electron chi connectivity index (χ1n) is 19.4. The second kappa shape index (κ2) is 13.0. The van der Waals surface area contributed by atoms with E-state index in [4.69, 9.17) is 14.4 Å². The second-order valence-electron chi connectivity index (χ2n) is 14.6. The molecule has 0 saturated carbocycles. The molecule has 0 aliphatic heterocycles. The van der Waals surface area contributed by atoms with E-state index in [0.717, 1.165) is 83.3 Å². The molecule has 58 heavy (non-hydrogen) atoms. The van der Waals surface area contributed by atoms with Crippen molar-refractivity contribution < 1.29 is 4.42 Å². The van der Waals surface area contributed by atoms with E-state index in [1.54, 1.807) is 0 Å². The lowest BCUT2D eigenvalue weighted by atomic mass is 9.98. The molecule has 6 heteroatoms. The van der Waals surface area contributed by atoms with Gasteiger partial charge in [0, 0.05) is 54.3 Å². The number of rotatable bonds is 6. The van der Waals surface area contributed by atoms with Crippen LogP contribution in [0.5, 0.6) is 0 Å². The summed E-state index contributed by atoms with van der Waals surface area (Å²) < 4.78 is 11.4. The molecule has 0 N–H and O–H groups in total. The minimum absolute atomic E-state index is 0.658. The summed E-state index contributed by atoms with van der Waals surface area (Å²) in [7, 11) is 0. The van der Waals surface area contributed by atoms with Crippen LogP contribution in [0.2, 0.25) is 0 Å². The number of fused-ring (bicyclic) bond motifs is 9. The van der Waals surface area contributed by atoms with Crippen molar-refractivity contribution in [1.82, 2.24) is 14.5 Å². The summed E-state index contributed by atoms with van der Waals surface area (Å²) in [4.78, 5) is 12.8. The zero-order chi connectivity index (χ0) is 38.2. The summed E-state index contributed by atoms with van der Waals surface area (Å²) in [6.07, 6.45) is 1.97. The van der Waals surface area contributed by atoms with Crippen LogP contribution in [-0.4, -0.2) is 14.5 Å². The first-order chi connectivity index (χ1) is 28.8. The first kappa shape index (κ1) is 32.7. The fourth-order valence-corrected chi connectivity index (χ4v) is 9.84. The van der Waals surface area contributed by atoms with E-state index >= 15 is 0 Å². The highest BCUT2D eigenvalue weighted by molar-refractivity contribution is 7.26. The Kier molecular flexibility index (Phi) is 7.33. The quantitative estimate of drug-likeness (QED) is 0.169. The Morgan fingerprint density at radius 3 is 2.05 bits per heavy atom. The molecular weight excluding hydrogens is 729 g/mol. The third-order valence-corrected chi connectivity index (χ3v) is 12.5. The van der Waals surface area contributed by atoms with Crippen LogP contribution >= 0.6 is 11.3 Å². The van der Waals surface area contributed by atoms with Gasteiger partial charge in [0.25, 0.3) is 0 Å². The maximum Gasteiger partial charge on any atom is 0.160 e. The number of thiophene rings is 1. The highest BCUT2D eigenvalue weighted by atomic mass is 32.1. The SMILES string of the molecule is c1ccc(N(c2ccc(-c3cc(-c4ncc5c(n4)c4ccccc4n5-c4ccccc4)c4c(c3)oc3ccccc34)cc2)c2cccc3c2sc2ccccc23)cc1. The monoisotopic (exact) mass is 760 g/mol. The Labute approximate surface area is 337 Å². The number of benzene rings is 8. The van der Waals surface area contributed by atoms with E-state index < -0.39 is 0 Å². The molecule has 272 valence electrons. The molecule has 8 aromatic carbocycles. The van der Waals surface area contributed by atoms with Gasteiger partial charge in [-0.25, -0.2) is 9.97 Å². The van der Waals surface area contributed by atoms with Gasteiger partial charge in [-0.15, -0.1) is 11.3 Å². The number of hydrogen-bond acceptors (Lipinski definition) is 5. The minimum atomic E-state index is 0.658. The van der Waals surface area contributed by atoms with E-state index in [2.05, 4.69) is 179 Å². The van der Waals surface area contributed by atoms with Crippen LogP contribution in [0.4, 0.5) is 17.1 Å². The predicted molar refractivity (Wildman–Crippen MR) is 242 cm³/mol. The largest absolute Gasteiger partial charge is 0.456 e. The van der Waals surface area contributed by atoms with Crippen molar-refractivity contribution in [2.75, 3.05) is 4.90 Å². The third-order valence-electron chi connectivity index (χ3n) is 11.2. The smallest absolute Gasteiger partial charge is 0.160 e. The highest BCUT2D eigenvalue weighted by Crippen LogP contribution is 2.46. The van der Waals surface area contributed by atoms with Crippen LogP contribution in [0.15, 0.2) is 199 Å². The highest BCUT2D eigenvalue weighted by Gasteiger charge is 2.21. The number of anilines is 3. The molecule has 0 saturated heterocycles. The Bertz CT molecular complexity index is 3510. The summed E-state index contributed by atoms with van der Waals surface area (Å²) in [5.41, 5.74) is 12.1. The molecular formula is C52H32N4OS. The fraction of sp³-hybridized carbons (Fsp3) is 0. The zero-order valence-electron chi connectivity index (χ0n) is 31.1. The maximum absolute atomic E-state index is 6.57. The van der Waals surface area contributed by atoms with Crippen molar-refractivity contribution in [2.45, 2.75) is 0 Å². The van der Waals surface area contributed by atoms with Crippen LogP contribution in [0.3, 0.4) is 0 Å². The standard InChI is InChI=1S/C52H32N4OS/c1-3-14-35(15-4-1)55(44-23-13-21-39-38-18-9-12-25-48(38)58-51(39)44)37-28-26-33(27-29-37)34-30-42(49-41-20-8-11-24-46(41)57-47(49)31-34)52-53-32-45-50(54-52)40-19-7-10-22-43(40)56(45)36-16-5-2-6-17-36/h1-32H. The van der Waals surface area contributed by atoms with E-state index in [-0.39, 0.29) is 0 Å². The average Bonchev–Trinajstić information content (AvgIpc) is 3.97. The number of para-hydroxylation sites is 4. The Morgan fingerprint density at radius 1 is 0.517 bits per heavy atom. The molecule has 0 bridgehead atoms. The summed E-state index contributed by atoms with van der Waals surface area (Å²) in [6, 6.07) is 66.3. The van der Waals surface area contributed by atoms with Gasteiger partial charge in [-0.2, -0.15) is 0 Å². The van der Waals surface area contributed by atoms with Crippen molar-refractivity contribution in [1.29, 1.82) is 0 Å². The van der Waals surface area contributed by atoms with Crippen LogP contribution < -0.4 is 4.90 Å². The van der Waals surface area contributed by atoms with Gasteiger partial charge < -0.3 is 13.9 Å². The third kappa shape index (κ3) is 5.09. The molecule has 0 atom stereocenters.